The number of aliphatic hydroxyl groups is 6. The average molecular weight is 1830 g/mol. The molecule has 4 aromatic rings. The van der Waals surface area contributed by atoms with E-state index in [1.54, 1.807) is 9.58 Å². The maximum atomic E-state index is 14.1. The van der Waals surface area contributed by atoms with E-state index in [9.17, 15) is 92.8 Å². The number of benzene rings is 3. The van der Waals surface area contributed by atoms with E-state index in [2.05, 4.69) is 57.4 Å². The van der Waals surface area contributed by atoms with E-state index in [0.29, 0.717) is 81.5 Å². The Labute approximate surface area is 744 Å². The van der Waals surface area contributed by atoms with E-state index in [1.807, 2.05) is 48.5 Å². The summed E-state index contributed by atoms with van der Waals surface area (Å²) in [7, 11) is -2.91. The molecule has 1 aliphatic carbocycles. The molecule has 41 nitrogen and oxygen atoms in total. The molecule has 712 valence electrons. The van der Waals surface area contributed by atoms with Gasteiger partial charge in [-0.2, -0.15) is 0 Å². The Balaban J connectivity index is 0.772. The monoisotopic (exact) mass is 1820 g/mol. The van der Waals surface area contributed by atoms with Crippen molar-refractivity contribution in [3.63, 3.8) is 0 Å². The molecule has 11 atom stereocenters. The van der Waals surface area contributed by atoms with Crippen LogP contribution in [0.5, 0.6) is 5.75 Å². The van der Waals surface area contributed by atoms with Gasteiger partial charge in [-0.1, -0.05) is 60.5 Å². The summed E-state index contributed by atoms with van der Waals surface area (Å²) < 4.78 is 68.5. The molecular formula is C86H129N12O29P. The smallest absolute Gasteiger partial charge is 0.471 e. The summed E-state index contributed by atoms with van der Waals surface area (Å²) >= 11 is 0. The topological polar surface area (TPSA) is 569 Å². The van der Waals surface area contributed by atoms with Gasteiger partial charge in [0.25, 0.3) is 11.8 Å². The van der Waals surface area contributed by atoms with E-state index in [0.717, 1.165) is 36.6 Å². The van der Waals surface area contributed by atoms with Gasteiger partial charge in [0, 0.05) is 159 Å². The van der Waals surface area contributed by atoms with Crippen LogP contribution in [0.15, 0.2) is 66.7 Å². The van der Waals surface area contributed by atoms with E-state index in [4.69, 9.17) is 42.4 Å². The normalized spacial score (nSPS) is 19.3. The molecule has 11 unspecified atom stereocenters. The number of phosphoric ester groups is 1. The Bertz CT molecular complexity index is 4080. The van der Waals surface area contributed by atoms with Gasteiger partial charge in [0.05, 0.1) is 115 Å². The van der Waals surface area contributed by atoms with Crippen LogP contribution in [0, 0.1) is 5.92 Å². The van der Waals surface area contributed by atoms with Crippen LogP contribution < -0.4 is 52.2 Å². The quantitative estimate of drug-likeness (QED) is 0.0220. The molecule has 2 fully saturated rings. The average Bonchev–Trinajstić information content (AvgIpc) is 1.55. The number of carbonyl (C=O) groups excluding carboxylic acids is 11. The third kappa shape index (κ3) is 37.7. The van der Waals surface area contributed by atoms with Gasteiger partial charge in [0.2, 0.25) is 41.4 Å². The van der Waals surface area contributed by atoms with Crippen LogP contribution in [0.2, 0.25) is 0 Å². The number of anilines is 1. The number of nitrogens with zero attached hydrogens (tertiary/aromatic N) is 4. The Hall–Kier alpha value is -9.24. The number of hydrogen-bond donors (Lipinski definition) is 15. The van der Waals surface area contributed by atoms with Crippen molar-refractivity contribution < 1.29 is 140 Å². The van der Waals surface area contributed by atoms with Gasteiger partial charge in [0.1, 0.15) is 60.1 Å². The van der Waals surface area contributed by atoms with Gasteiger partial charge >= 0.3 is 7.82 Å². The van der Waals surface area contributed by atoms with E-state index in [-0.39, 0.29) is 247 Å². The highest BCUT2D eigenvalue weighted by molar-refractivity contribution is 7.47. The summed E-state index contributed by atoms with van der Waals surface area (Å²) in [6.07, 6.45) is -2.75. The van der Waals surface area contributed by atoms with Crippen molar-refractivity contribution in [3.8, 4) is 28.3 Å². The first-order valence-electron chi connectivity index (χ1n) is 43.8. The molecule has 3 heterocycles. The maximum absolute atomic E-state index is 14.1. The molecule has 1 aromatic heterocycles. The van der Waals surface area contributed by atoms with Crippen molar-refractivity contribution in [2.45, 2.75) is 210 Å². The molecule has 1 saturated heterocycles. The lowest BCUT2D eigenvalue weighted by Crippen LogP contribution is -2.64. The number of phosphoric acid groups is 1. The second-order valence-corrected chi connectivity index (χ2v) is 32.6. The van der Waals surface area contributed by atoms with Crippen molar-refractivity contribution in [3.05, 3.63) is 83.4 Å². The van der Waals surface area contributed by atoms with Gasteiger partial charge in [-0.25, -0.2) is 9.25 Å². The zero-order chi connectivity index (χ0) is 92.6. The molecule has 3 aromatic carbocycles. The fourth-order valence-corrected chi connectivity index (χ4v) is 14.8. The summed E-state index contributed by atoms with van der Waals surface area (Å²) in [6.45, 7) is 5.05. The summed E-state index contributed by atoms with van der Waals surface area (Å²) in [4.78, 5) is 153. The number of amides is 9. The van der Waals surface area contributed by atoms with E-state index >= 15 is 0 Å². The first-order chi connectivity index (χ1) is 61.7. The van der Waals surface area contributed by atoms with Crippen LogP contribution in [-0.4, -0.2) is 309 Å². The molecule has 0 radical (unpaired) electrons. The number of aromatic nitrogens is 3. The standard InChI is InChI=1S/C86H129N12O29P/c1-57(101)93-77-69(53-62(55-99)80(110)82(77)112)124-38-14-10-24-71(105)88-32-16-19-63(103)28-34-91-84(114)60-50-61(85(115)92-35-29-64(104)20-17-33-89-72(106)25-11-15-39-125-86-78(94-58(2)102)83(113)81(111)70(56-100)127-86)52-65(51-60)123-42-36-90-74(108)30-41-119-44-46-121-48-49-122-47-45-120-43-37-98-79-67-22-8-9-23-68(67)97(54-59-18-6-7-21-66(59)76(79)95-96-98)75(109)27-26-73(107)87-31-12-4-5-13-40-126-128(116,117)118-3/h6-9,18,21-23,50-52,62,69-70,77-78,80-83,86,99-100,110-113H,4-5,10-17,19-20,24-49,53-56H2,1-3H3,(H,87,107)(H,88,105)(H,89,106)(H,90,108)(H,91,114)(H,92,115)(H,93,101)(H,94,102)(H,116,117). The van der Waals surface area contributed by atoms with E-state index in [1.165, 1.54) is 32.0 Å². The van der Waals surface area contributed by atoms with Gasteiger partial charge < -0.3 is 121 Å². The number of ketones is 2. The third-order valence-corrected chi connectivity index (χ3v) is 22.2. The molecule has 2 aliphatic heterocycles. The molecule has 7 rings (SSSR count). The molecular weight excluding hydrogens is 1700 g/mol. The van der Waals surface area contributed by atoms with Crippen LogP contribution in [0.25, 0.3) is 22.5 Å². The van der Waals surface area contributed by atoms with Crippen molar-refractivity contribution in [2.24, 2.45) is 5.92 Å². The minimum Gasteiger partial charge on any atom is -0.492 e. The minimum absolute atomic E-state index is 0.00631. The summed E-state index contributed by atoms with van der Waals surface area (Å²) in [5, 5.41) is 91.7. The predicted octanol–water partition coefficient (Wildman–Crippen LogP) is 1.43. The van der Waals surface area contributed by atoms with Crippen LogP contribution in [0.4, 0.5) is 5.69 Å². The number of para-hydroxylation sites is 1. The highest BCUT2D eigenvalue weighted by atomic mass is 31.2. The zero-order valence-electron chi connectivity index (χ0n) is 73.2. The van der Waals surface area contributed by atoms with Gasteiger partial charge in [-0.15, -0.1) is 5.10 Å². The lowest BCUT2D eigenvalue weighted by Gasteiger charge is -2.42. The van der Waals surface area contributed by atoms with Crippen molar-refractivity contribution in [1.82, 2.24) is 57.5 Å². The summed E-state index contributed by atoms with van der Waals surface area (Å²) in [5.74, 6) is -4.43. The van der Waals surface area contributed by atoms with E-state index < -0.39 is 99.0 Å². The van der Waals surface area contributed by atoms with Crippen LogP contribution in [0.1, 0.15) is 169 Å². The first-order valence-corrected chi connectivity index (χ1v) is 45.3. The lowest BCUT2D eigenvalue weighted by molar-refractivity contribution is -0.270. The molecule has 128 heavy (non-hydrogen) atoms. The fraction of sp³-hybridized carbons (Fsp3) is 0.640. The molecule has 0 spiro atoms. The van der Waals surface area contributed by atoms with Crippen LogP contribution in [-0.2, 0) is 103 Å². The Kier molecular flexibility index (Phi) is 48.3. The number of carbonyl (C=O) groups is 11. The lowest BCUT2D eigenvalue weighted by atomic mass is 9.79. The van der Waals surface area contributed by atoms with Crippen molar-refractivity contribution >= 4 is 78.2 Å². The number of hydrogen-bond acceptors (Lipinski definition) is 30. The number of rotatable bonds is 63. The highest BCUT2D eigenvalue weighted by Crippen LogP contribution is 2.43. The third-order valence-electron chi connectivity index (χ3n) is 21.2. The molecule has 15 N–H and O–H groups in total. The maximum Gasteiger partial charge on any atom is 0.471 e. The Morgan fingerprint density at radius 2 is 1.03 bits per heavy atom. The SMILES string of the molecule is COP(=O)(O)OCCCCCCNC(=O)CCC(=O)N1Cc2ccccc2-c2nnn(CCOCCOCCOCCOCCC(=O)NCCOc3cc(C(=O)NCCC(=O)CCCNC(=O)CCCCOC4CC(CO)C(O)C(O)C4NC(C)=O)cc(C(=O)NCCC(=O)CCCNC(=O)CCCCOC4OC(CO)C(O)C(O)C4NC(C)=O)c3)c2-c2ccccc21. The second kappa shape index (κ2) is 58.4. The van der Waals surface area contributed by atoms with Gasteiger partial charge in [-0.05, 0) is 87.6 Å². The van der Waals surface area contributed by atoms with Gasteiger partial charge in [-0.3, -0.25) is 61.8 Å². The van der Waals surface area contributed by atoms with Crippen molar-refractivity contribution in [1.29, 1.82) is 0 Å². The van der Waals surface area contributed by atoms with Gasteiger partial charge in [0.15, 0.2) is 6.29 Å². The summed E-state index contributed by atoms with van der Waals surface area (Å²) in [5.41, 5.74) is 4.45. The Morgan fingerprint density at radius 3 is 1.64 bits per heavy atom. The zero-order valence-corrected chi connectivity index (χ0v) is 74.1. The van der Waals surface area contributed by atoms with Crippen LogP contribution in [0.3, 0.4) is 0 Å². The number of fused-ring (bicyclic) bond motifs is 5. The first kappa shape index (κ1) is 106. The molecule has 1 saturated carbocycles. The number of unbranched alkanes of at least 4 members (excludes halogenated alkanes) is 5. The largest absolute Gasteiger partial charge is 0.492 e. The number of aliphatic hydroxyl groups excluding tert-OH is 6. The number of nitrogens with one attached hydrogen (secondary N) is 8. The predicted molar refractivity (Wildman–Crippen MR) is 460 cm³/mol. The molecule has 42 heteroatoms. The minimum atomic E-state index is -4.01. The molecule has 0 bridgehead atoms. The number of ether oxygens (including phenoxy) is 8. The highest BCUT2D eigenvalue weighted by Gasteiger charge is 2.46. The fourth-order valence-electron chi connectivity index (χ4n) is 14.3. The second-order valence-electron chi connectivity index (χ2n) is 31.1. The summed E-state index contributed by atoms with van der Waals surface area (Å²) in [6, 6.07) is 17.4. The van der Waals surface area contributed by atoms with Crippen LogP contribution >= 0.6 is 7.82 Å². The number of Topliss-reactive ketones (excluding diaryl/α,β-unsaturated/α-hetero) is 2. The van der Waals surface area contributed by atoms with Crippen molar-refractivity contribution in [2.75, 3.05) is 144 Å². The Morgan fingerprint density at radius 1 is 0.500 bits per heavy atom. The molecule has 9 amide bonds. The molecule has 3 aliphatic rings.